The maximum atomic E-state index is 11.3. The molecule has 0 aliphatic rings. The standard InChI is InChI=1S/C23H25NO/c1-23(25,17-20-11-5-2-6-12-20)24(18-21-13-7-3-8-14-21)19-22-15-9-4-10-16-22/h2-16,25H,17-19H2,1H3. The lowest BCUT2D eigenvalue weighted by Gasteiger charge is -2.37. The number of hydrogen-bond donors (Lipinski definition) is 1. The van der Waals surface area contributed by atoms with Crippen LogP contribution >= 0.6 is 0 Å². The van der Waals surface area contributed by atoms with Crippen molar-refractivity contribution in [2.75, 3.05) is 0 Å². The lowest BCUT2D eigenvalue weighted by Crippen LogP contribution is -2.47. The average Bonchev–Trinajstić information content (AvgIpc) is 2.63. The molecule has 0 saturated carbocycles. The number of benzene rings is 3. The summed E-state index contributed by atoms with van der Waals surface area (Å²) in [4.78, 5) is 2.14. The average molecular weight is 331 g/mol. The van der Waals surface area contributed by atoms with Crippen molar-refractivity contribution < 1.29 is 5.11 Å². The first-order valence-corrected chi connectivity index (χ1v) is 8.73. The number of nitrogens with zero attached hydrogens (tertiary/aromatic N) is 1. The van der Waals surface area contributed by atoms with Gasteiger partial charge in [-0.1, -0.05) is 91.0 Å². The zero-order chi connectivity index (χ0) is 17.5. The van der Waals surface area contributed by atoms with Crippen LogP contribution in [0.4, 0.5) is 0 Å². The van der Waals surface area contributed by atoms with Gasteiger partial charge in [-0.25, -0.2) is 0 Å². The lowest BCUT2D eigenvalue weighted by atomic mass is 10.0. The molecule has 25 heavy (non-hydrogen) atoms. The third-order valence-electron chi connectivity index (χ3n) is 4.50. The molecule has 1 unspecified atom stereocenters. The van der Waals surface area contributed by atoms with Crippen molar-refractivity contribution in [1.29, 1.82) is 0 Å². The van der Waals surface area contributed by atoms with Gasteiger partial charge in [0.2, 0.25) is 0 Å². The Morgan fingerprint density at radius 3 is 1.40 bits per heavy atom. The Morgan fingerprint density at radius 1 is 0.640 bits per heavy atom. The van der Waals surface area contributed by atoms with Crippen LogP contribution < -0.4 is 0 Å². The second kappa shape index (κ2) is 8.11. The third-order valence-corrected chi connectivity index (χ3v) is 4.50. The van der Waals surface area contributed by atoms with Gasteiger partial charge < -0.3 is 5.11 Å². The minimum Gasteiger partial charge on any atom is -0.376 e. The van der Waals surface area contributed by atoms with Crippen molar-refractivity contribution in [2.24, 2.45) is 0 Å². The highest BCUT2D eigenvalue weighted by molar-refractivity contribution is 5.20. The molecule has 3 aromatic rings. The fourth-order valence-corrected chi connectivity index (χ4v) is 3.10. The smallest absolute Gasteiger partial charge is 0.120 e. The second-order valence-electron chi connectivity index (χ2n) is 6.71. The largest absolute Gasteiger partial charge is 0.376 e. The Kier molecular flexibility index (Phi) is 5.64. The van der Waals surface area contributed by atoms with E-state index in [2.05, 4.69) is 41.3 Å². The van der Waals surface area contributed by atoms with Crippen molar-refractivity contribution >= 4 is 0 Å². The highest BCUT2D eigenvalue weighted by Gasteiger charge is 2.29. The van der Waals surface area contributed by atoms with E-state index in [-0.39, 0.29) is 0 Å². The van der Waals surface area contributed by atoms with Crippen molar-refractivity contribution in [3.05, 3.63) is 108 Å². The van der Waals surface area contributed by atoms with E-state index >= 15 is 0 Å². The third kappa shape index (κ3) is 5.02. The summed E-state index contributed by atoms with van der Waals surface area (Å²) >= 11 is 0. The molecule has 0 fully saturated rings. The SMILES string of the molecule is CC(O)(Cc1ccccc1)N(Cc1ccccc1)Cc1ccccc1. The van der Waals surface area contributed by atoms with Gasteiger partial charge in [-0.15, -0.1) is 0 Å². The Morgan fingerprint density at radius 2 is 1.00 bits per heavy atom. The van der Waals surface area contributed by atoms with Crippen LogP contribution in [0, 0.1) is 0 Å². The van der Waals surface area contributed by atoms with E-state index in [1.807, 2.05) is 61.5 Å². The molecular weight excluding hydrogens is 306 g/mol. The normalized spacial score (nSPS) is 13.6. The minimum atomic E-state index is -0.937. The van der Waals surface area contributed by atoms with Gasteiger partial charge in [-0.05, 0) is 23.6 Å². The van der Waals surface area contributed by atoms with E-state index in [0.29, 0.717) is 19.5 Å². The van der Waals surface area contributed by atoms with Crippen LogP contribution in [-0.4, -0.2) is 15.7 Å². The summed E-state index contributed by atoms with van der Waals surface area (Å²) in [6, 6.07) is 30.8. The highest BCUT2D eigenvalue weighted by Crippen LogP contribution is 2.23. The Hall–Kier alpha value is -2.42. The van der Waals surface area contributed by atoms with E-state index in [1.165, 1.54) is 11.1 Å². The van der Waals surface area contributed by atoms with Gasteiger partial charge in [0.05, 0.1) is 0 Å². The topological polar surface area (TPSA) is 23.5 Å². The number of aliphatic hydroxyl groups is 1. The van der Waals surface area contributed by atoms with E-state index in [1.54, 1.807) is 0 Å². The molecule has 3 aromatic carbocycles. The summed E-state index contributed by atoms with van der Waals surface area (Å²) in [5.41, 5.74) is 2.60. The number of rotatable bonds is 7. The fraction of sp³-hybridized carbons (Fsp3) is 0.217. The van der Waals surface area contributed by atoms with Crippen LogP contribution in [0.25, 0.3) is 0 Å². The minimum absolute atomic E-state index is 0.591. The lowest BCUT2D eigenvalue weighted by molar-refractivity contribution is -0.104. The molecule has 1 N–H and O–H groups in total. The summed E-state index contributed by atoms with van der Waals surface area (Å²) in [6.07, 6.45) is 0.591. The van der Waals surface area contributed by atoms with Crippen LogP contribution in [0.1, 0.15) is 23.6 Å². The van der Waals surface area contributed by atoms with Gasteiger partial charge in [0, 0.05) is 19.5 Å². The Bertz CT molecular complexity index is 712. The van der Waals surface area contributed by atoms with E-state index < -0.39 is 5.72 Å². The summed E-state index contributed by atoms with van der Waals surface area (Å²) in [7, 11) is 0. The molecule has 0 bridgehead atoms. The molecule has 0 aromatic heterocycles. The first-order chi connectivity index (χ1) is 12.1. The van der Waals surface area contributed by atoms with Gasteiger partial charge in [-0.2, -0.15) is 0 Å². The zero-order valence-corrected chi connectivity index (χ0v) is 14.7. The predicted molar refractivity (Wildman–Crippen MR) is 103 cm³/mol. The van der Waals surface area contributed by atoms with Crippen molar-refractivity contribution in [3.8, 4) is 0 Å². The van der Waals surface area contributed by atoms with E-state index in [9.17, 15) is 5.11 Å². The number of hydrogen-bond acceptors (Lipinski definition) is 2. The predicted octanol–water partition coefficient (Wildman–Crippen LogP) is 4.64. The molecule has 0 saturated heterocycles. The quantitative estimate of drug-likeness (QED) is 0.638. The molecule has 0 spiro atoms. The molecule has 0 radical (unpaired) electrons. The van der Waals surface area contributed by atoms with Crippen molar-refractivity contribution in [3.63, 3.8) is 0 Å². The molecular formula is C23H25NO. The van der Waals surface area contributed by atoms with Crippen LogP contribution in [0.15, 0.2) is 91.0 Å². The maximum absolute atomic E-state index is 11.3. The molecule has 1 atom stereocenters. The van der Waals surface area contributed by atoms with Crippen LogP contribution in [0.3, 0.4) is 0 Å². The Labute approximate surface area is 150 Å². The molecule has 0 heterocycles. The molecule has 128 valence electrons. The van der Waals surface area contributed by atoms with Gasteiger partial charge in [0.15, 0.2) is 0 Å². The maximum Gasteiger partial charge on any atom is 0.120 e. The highest BCUT2D eigenvalue weighted by atomic mass is 16.3. The molecule has 3 rings (SSSR count). The van der Waals surface area contributed by atoms with E-state index in [0.717, 1.165) is 5.56 Å². The summed E-state index contributed by atoms with van der Waals surface area (Å²) in [5, 5.41) is 11.3. The van der Waals surface area contributed by atoms with E-state index in [4.69, 9.17) is 0 Å². The Balaban J connectivity index is 1.83. The summed E-state index contributed by atoms with van der Waals surface area (Å²) in [6.45, 7) is 3.32. The van der Waals surface area contributed by atoms with Crippen LogP contribution in [-0.2, 0) is 19.5 Å². The van der Waals surface area contributed by atoms with Gasteiger partial charge in [-0.3, -0.25) is 4.90 Å². The summed E-state index contributed by atoms with van der Waals surface area (Å²) in [5.74, 6) is 0. The summed E-state index contributed by atoms with van der Waals surface area (Å²) < 4.78 is 0. The van der Waals surface area contributed by atoms with Crippen molar-refractivity contribution in [1.82, 2.24) is 4.90 Å². The first-order valence-electron chi connectivity index (χ1n) is 8.73. The van der Waals surface area contributed by atoms with Gasteiger partial charge >= 0.3 is 0 Å². The molecule has 0 aliphatic carbocycles. The van der Waals surface area contributed by atoms with Crippen LogP contribution in [0.2, 0.25) is 0 Å². The van der Waals surface area contributed by atoms with Crippen molar-refractivity contribution in [2.45, 2.75) is 32.2 Å². The molecule has 0 amide bonds. The van der Waals surface area contributed by atoms with Gasteiger partial charge in [0.25, 0.3) is 0 Å². The fourth-order valence-electron chi connectivity index (χ4n) is 3.10. The molecule has 2 nitrogen and oxygen atoms in total. The van der Waals surface area contributed by atoms with Gasteiger partial charge in [0.1, 0.15) is 5.72 Å². The first kappa shape index (κ1) is 17.4. The second-order valence-corrected chi connectivity index (χ2v) is 6.71. The molecule has 2 heteroatoms. The zero-order valence-electron chi connectivity index (χ0n) is 14.7. The monoisotopic (exact) mass is 331 g/mol. The molecule has 0 aliphatic heterocycles. The van der Waals surface area contributed by atoms with Crippen LogP contribution in [0.5, 0.6) is 0 Å².